The topological polar surface area (TPSA) is 75.9 Å². The SMILES string of the molecule is CCNc1nc(Cl)nc(NCc2ccc(C)o2)n1. The number of furan rings is 1. The molecule has 2 aromatic heterocycles. The fourth-order valence-corrected chi connectivity index (χ4v) is 1.57. The molecule has 2 aromatic rings. The Hall–Kier alpha value is -1.82. The van der Waals surface area contributed by atoms with Crippen LogP contribution in [0.5, 0.6) is 0 Å². The molecule has 2 rings (SSSR count). The number of nitrogens with zero attached hydrogens (tertiary/aromatic N) is 3. The number of hydrogen-bond acceptors (Lipinski definition) is 6. The predicted octanol–water partition coefficient (Wildman–Crippen LogP) is 2.47. The minimum atomic E-state index is 0.152. The highest BCUT2D eigenvalue weighted by molar-refractivity contribution is 6.28. The van der Waals surface area contributed by atoms with Crippen LogP contribution in [-0.2, 0) is 6.54 Å². The van der Waals surface area contributed by atoms with Crippen LogP contribution >= 0.6 is 11.6 Å². The van der Waals surface area contributed by atoms with E-state index in [0.717, 1.165) is 18.1 Å². The maximum atomic E-state index is 5.81. The average Bonchev–Trinajstić information content (AvgIpc) is 2.72. The van der Waals surface area contributed by atoms with Crippen molar-refractivity contribution >= 4 is 23.5 Å². The van der Waals surface area contributed by atoms with Gasteiger partial charge in [0.05, 0.1) is 6.54 Å². The number of nitrogens with one attached hydrogen (secondary N) is 2. The first kappa shape index (κ1) is 12.6. The van der Waals surface area contributed by atoms with E-state index in [4.69, 9.17) is 16.0 Å². The Bertz CT molecular complexity index is 528. The summed E-state index contributed by atoms with van der Waals surface area (Å²) in [7, 11) is 0. The molecule has 0 amide bonds. The molecule has 0 aliphatic carbocycles. The summed E-state index contributed by atoms with van der Waals surface area (Å²) >= 11 is 5.81. The van der Waals surface area contributed by atoms with Gasteiger partial charge < -0.3 is 15.1 Å². The normalized spacial score (nSPS) is 10.4. The van der Waals surface area contributed by atoms with Crippen molar-refractivity contribution in [2.24, 2.45) is 0 Å². The van der Waals surface area contributed by atoms with Gasteiger partial charge in [0.25, 0.3) is 0 Å². The molecule has 7 heteroatoms. The summed E-state index contributed by atoms with van der Waals surface area (Å²) in [6.45, 7) is 5.07. The summed E-state index contributed by atoms with van der Waals surface area (Å²) < 4.78 is 5.43. The maximum absolute atomic E-state index is 5.81. The molecule has 18 heavy (non-hydrogen) atoms. The fourth-order valence-electron chi connectivity index (χ4n) is 1.41. The Kier molecular flexibility index (Phi) is 3.99. The zero-order valence-electron chi connectivity index (χ0n) is 10.2. The van der Waals surface area contributed by atoms with Crippen molar-refractivity contribution in [3.05, 3.63) is 28.9 Å². The molecule has 2 heterocycles. The van der Waals surface area contributed by atoms with Crippen LogP contribution in [0.25, 0.3) is 0 Å². The first-order valence-electron chi connectivity index (χ1n) is 5.62. The summed E-state index contributed by atoms with van der Waals surface area (Å²) in [5, 5.41) is 6.17. The molecule has 0 aromatic carbocycles. The largest absolute Gasteiger partial charge is 0.465 e. The second kappa shape index (κ2) is 5.68. The van der Waals surface area contributed by atoms with Gasteiger partial charge in [-0.15, -0.1) is 0 Å². The Morgan fingerprint density at radius 1 is 1.17 bits per heavy atom. The van der Waals surface area contributed by atoms with Gasteiger partial charge in [-0.2, -0.15) is 15.0 Å². The second-order valence-electron chi connectivity index (χ2n) is 3.65. The van der Waals surface area contributed by atoms with Gasteiger partial charge in [0, 0.05) is 6.54 Å². The molecule has 0 radical (unpaired) electrons. The molecule has 2 N–H and O–H groups in total. The average molecular weight is 268 g/mol. The molecule has 0 saturated heterocycles. The van der Waals surface area contributed by atoms with Crippen molar-refractivity contribution in [1.82, 2.24) is 15.0 Å². The smallest absolute Gasteiger partial charge is 0.229 e. The molecule has 0 saturated carbocycles. The molecule has 0 fully saturated rings. The fraction of sp³-hybridized carbons (Fsp3) is 0.364. The molecule has 0 bridgehead atoms. The number of aryl methyl sites for hydroxylation is 1. The lowest BCUT2D eigenvalue weighted by Gasteiger charge is -2.06. The quantitative estimate of drug-likeness (QED) is 0.867. The summed E-state index contributed by atoms with van der Waals surface area (Å²) in [6, 6.07) is 3.80. The van der Waals surface area contributed by atoms with Crippen LogP contribution in [-0.4, -0.2) is 21.5 Å². The van der Waals surface area contributed by atoms with Gasteiger partial charge in [-0.05, 0) is 37.6 Å². The highest BCUT2D eigenvalue weighted by Gasteiger charge is 2.05. The van der Waals surface area contributed by atoms with Crippen molar-refractivity contribution in [3.63, 3.8) is 0 Å². The van der Waals surface area contributed by atoms with Gasteiger partial charge in [0.2, 0.25) is 17.2 Å². The third-order valence-electron chi connectivity index (χ3n) is 2.16. The van der Waals surface area contributed by atoms with Crippen molar-refractivity contribution in [1.29, 1.82) is 0 Å². The number of anilines is 2. The van der Waals surface area contributed by atoms with Crippen molar-refractivity contribution in [2.45, 2.75) is 20.4 Å². The van der Waals surface area contributed by atoms with Crippen LogP contribution in [0.2, 0.25) is 5.28 Å². The van der Waals surface area contributed by atoms with Gasteiger partial charge in [-0.25, -0.2) is 0 Å². The first-order chi connectivity index (χ1) is 8.67. The van der Waals surface area contributed by atoms with Crippen molar-refractivity contribution < 1.29 is 4.42 Å². The van der Waals surface area contributed by atoms with E-state index in [1.165, 1.54) is 0 Å². The van der Waals surface area contributed by atoms with E-state index in [1.54, 1.807) is 0 Å². The molecule has 96 valence electrons. The Morgan fingerprint density at radius 3 is 2.50 bits per heavy atom. The molecule has 0 unspecified atom stereocenters. The van der Waals surface area contributed by atoms with Crippen LogP contribution in [0.3, 0.4) is 0 Å². The molecular weight excluding hydrogens is 254 g/mol. The van der Waals surface area contributed by atoms with Gasteiger partial charge in [0.15, 0.2) is 0 Å². The third-order valence-corrected chi connectivity index (χ3v) is 2.33. The summed E-state index contributed by atoms with van der Waals surface area (Å²) in [5.74, 6) is 2.55. The standard InChI is InChI=1S/C11H14ClN5O/c1-3-13-10-15-9(12)16-11(17-10)14-6-8-5-4-7(2)18-8/h4-5H,3,6H2,1-2H3,(H2,13,14,15,16,17). The van der Waals surface area contributed by atoms with E-state index in [1.807, 2.05) is 26.0 Å². The monoisotopic (exact) mass is 267 g/mol. The van der Waals surface area contributed by atoms with Gasteiger partial charge in [-0.3, -0.25) is 0 Å². The lowest BCUT2D eigenvalue weighted by molar-refractivity contribution is 0.490. The number of hydrogen-bond donors (Lipinski definition) is 2. The van der Waals surface area contributed by atoms with Crippen LogP contribution in [0, 0.1) is 6.92 Å². The van der Waals surface area contributed by atoms with Crippen LogP contribution in [0.15, 0.2) is 16.5 Å². The Labute approximate surface area is 110 Å². The van der Waals surface area contributed by atoms with E-state index < -0.39 is 0 Å². The third kappa shape index (κ3) is 3.33. The number of halogens is 1. The maximum Gasteiger partial charge on any atom is 0.229 e. The molecule has 0 atom stereocenters. The van der Waals surface area contributed by atoms with Crippen LogP contribution < -0.4 is 10.6 Å². The van der Waals surface area contributed by atoms with Crippen LogP contribution in [0.1, 0.15) is 18.4 Å². The lowest BCUT2D eigenvalue weighted by atomic mass is 10.4. The van der Waals surface area contributed by atoms with E-state index in [2.05, 4.69) is 25.6 Å². The molecular formula is C11H14ClN5O. The minimum absolute atomic E-state index is 0.152. The van der Waals surface area contributed by atoms with Gasteiger partial charge in [-0.1, -0.05) is 0 Å². The van der Waals surface area contributed by atoms with E-state index in [9.17, 15) is 0 Å². The first-order valence-corrected chi connectivity index (χ1v) is 6.00. The molecule has 6 nitrogen and oxygen atoms in total. The predicted molar refractivity (Wildman–Crippen MR) is 69.8 cm³/mol. The van der Waals surface area contributed by atoms with Gasteiger partial charge >= 0.3 is 0 Å². The highest BCUT2D eigenvalue weighted by atomic mass is 35.5. The van der Waals surface area contributed by atoms with Crippen molar-refractivity contribution in [3.8, 4) is 0 Å². The molecule has 0 spiro atoms. The Balaban J connectivity index is 2.04. The number of aromatic nitrogens is 3. The molecule has 0 aliphatic heterocycles. The minimum Gasteiger partial charge on any atom is -0.465 e. The highest BCUT2D eigenvalue weighted by Crippen LogP contribution is 2.12. The van der Waals surface area contributed by atoms with Crippen LogP contribution in [0.4, 0.5) is 11.9 Å². The summed E-state index contributed by atoms with van der Waals surface area (Å²) in [6.07, 6.45) is 0. The molecule has 0 aliphatic rings. The van der Waals surface area contributed by atoms with E-state index in [-0.39, 0.29) is 5.28 Å². The summed E-state index contributed by atoms with van der Waals surface area (Å²) in [5.41, 5.74) is 0. The summed E-state index contributed by atoms with van der Waals surface area (Å²) in [4.78, 5) is 12.1. The zero-order chi connectivity index (χ0) is 13.0. The van der Waals surface area contributed by atoms with Gasteiger partial charge in [0.1, 0.15) is 11.5 Å². The lowest BCUT2D eigenvalue weighted by Crippen LogP contribution is -2.08. The van der Waals surface area contributed by atoms with E-state index in [0.29, 0.717) is 18.4 Å². The van der Waals surface area contributed by atoms with Crippen molar-refractivity contribution in [2.75, 3.05) is 17.2 Å². The zero-order valence-corrected chi connectivity index (χ0v) is 11.0. The number of rotatable bonds is 5. The second-order valence-corrected chi connectivity index (χ2v) is 3.99. The van der Waals surface area contributed by atoms with E-state index >= 15 is 0 Å². The Morgan fingerprint density at radius 2 is 1.89 bits per heavy atom.